The van der Waals surface area contributed by atoms with Crippen LogP contribution in [0.4, 0.5) is 0 Å². The summed E-state index contributed by atoms with van der Waals surface area (Å²) in [6.45, 7) is 5.77. The van der Waals surface area contributed by atoms with Gasteiger partial charge in [-0.05, 0) is 23.7 Å². The fourth-order valence-electron chi connectivity index (χ4n) is 1.41. The molecule has 112 valence electrons. The summed E-state index contributed by atoms with van der Waals surface area (Å²) in [7, 11) is 0.115. The van der Waals surface area contributed by atoms with Crippen molar-refractivity contribution in [2.45, 2.75) is 52.9 Å². The van der Waals surface area contributed by atoms with Gasteiger partial charge in [0.1, 0.15) is 11.5 Å². The molecular formula is C14H27O4S+. The molecule has 0 aliphatic carbocycles. The fraction of sp³-hybridized carbons (Fsp3) is 0.857. The molecule has 0 heterocycles. The Labute approximate surface area is 119 Å². The first kappa shape index (κ1) is 18.3. The molecule has 0 unspecified atom stereocenters. The van der Waals surface area contributed by atoms with Gasteiger partial charge in [-0.1, -0.05) is 33.6 Å². The average Bonchev–Trinajstić information content (AvgIpc) is 2.41. The lowest BCUT2D eigenvalue weighted by atomic mass is 10.4. The van der Waals surface area contributed by atoms with Gasteiger partial charge in [0, 0.05) is 6.42 Å². The van der Waals surface area contributed by atoms with Gasteiger partial charge in [0.2, 0.25) is 12.5 Å². The number of hydrogen-bond donors (Lipinski definition) is 0. The summed E-state index contributed by atoms with van der Waals surface area (Å²) in [5, 5.41) is 0. The summed E-state index contributed by atoms with van der Waals surface area (Å²) in [6, 6.07) is 0. The molecule has 0 aliphatic heterocycles. The maximum atomic E-state index is 11.6. The Morgan fingerprint density at radius 1 is 0.895 bits per heavy atom. The van der Waals surface area contributed by atoms with Crippen LogP contribution in [0.25, 0.3) is 0 Å². The first-order valence-electron chi connectivity index (χ1n) is 7.09. The van der Waals surface area contributed by atoms with E-state index in [1.165, 1.54) is 0 Å². The van der Waals surface area contributed by atoms with Crippen LogP contribution in [0.3, 0.4) is 0 Å². The zero-order valence-electron chi connectivity index (χ0n) is 12.4. The second kappa shape index (κ2) is 12.3. The quantitative estimate of drug-likeness (QED) is 0.334. The third-order valence-electron chi connectivity index (χ3n) is 2.62. The third kappa shape index (κ3) is 10.9. The van der Waals surface area contributed by atoms with Crippen LogP contribution >= 0.6 is 0 Å². The van der Waals surface area contributed by atoms with E-state index in [4.69, 9.17) is 9.47 Å². The lowest BCUT2D eigenvalue weighted by Crippen LogP contribution is -2.25. The van der Waals surface area contributed by atoms with Gasteiger partial charge in [-0.15, -0.1) is 0 Å². The number of ether oxygens (including phenoxy) is 2. The SMILES string of the molecule is CCCC[S+](CCCC)CC(=O)OCOC(=O)CC. The van der Waals surface area contributed by atoms with Crippen LogP contribution in [-0.2, 0) is 30.0 Å². The molecule has 19 heavy (non-hydrogen) atoms. The van der Waals surface area contributed by atoms with E-state index in [1.807, 2.05) is 0 Å². The Balaban J connectivity index is 3.89. The van der Waals surface area contributed by atoms with Crippen molar-refractivity contribution in [1.29, 1.82) is 0 Å². The highest BCUT2D eigenvalue weighted by Crippen LogP contribution is 2.06. The number of hydrogen-bond acceptors (Lipinski definition) is 4. The molecule has 0 saturated heterocycles. The largest absolute Gasteiger partial charge is 0.428 e. The Morgan fingerprint density at radius 2 is 1.42 bits per heavy atom. The number of unbranched alkanes of at least 4 members (excludes halogenated alkanes) is 2. The van der Waals surface area contributed by atoms with E-state index in [1.54, 1.807) is 6.92 Å². The fourth-order valence-corrected chi connectivity index (χ4v) is 3.72. The number of carbonyl (C=O) groups excluding carboxylic acids is 2. The predicted molar refractivity (Wildman–Crippen MR) is 79.1 cm³/mol. The molecule has 0 N–H and O–H groups in total. The molecule has 0 aromatic carbocycles. The van der Waals surface area contributed by atoms with E-state index < -0.39 is 0 Å². The first-order valence-corrected chi connectivity index (χ1v) is 8.82. The molecule has 5 heteroatoms. The lowest BCUT2D eigenvalue weighted by molar-refractivity contribution is -0.165. The van der Waals surface area contributed by atoms with Crippen LogP contribution in [0.15, 0.2) is 0 Å². The molecule has 0 bridgehead atoms. The number of rotatable bonds is 11. The maximum Gasteiger partial charge on any atom is 0.359 e. The highest BCUT2D eigenvalue weighted by Gasteiger charge is 2.22. The second-order valence-corrected chi connectivity index (χ2v) is 6.71. The third-order valence-corrected chi connectivity index (χ3v) is 5.00. The summed E-state index contributed by atoms with van der Waals surface area (Å²) in [5.41, 5.74) is 0. The minimum absolute atomic E-state index is 0.115. The Bertz CT molecular complexity index is 248. The van der Waals surface area contributed by atoms with Gasteiger partial charge in [0.25, 0.3) is 0 Å². The van der Waals surface area contributed by atoms with Crippen molar-refractivity contribution in [3.8, 4) is 0 Å². The van der Waals surface area contributed by atoms with Crippen molar-refractivity contribution in [2.24, 2.45) is 0 Å². The topological polar surface area (TPSA) is 52.6 Å². The predicted octanol–water partition coefficient (Wildman–Crippen LogP) is 2.66. The normalized spacial score (nSPS) is 10.5. The van der Waals surface area contributed by atoms with E-state index in [9.17, 15) is 9.59 Å². The molecule has 0 aromatic rings. The molecule has 0 spiro atoms. The molecule has 0 rings (SSSR count). The van der Waals surface area contributed by atoms with E-state index in [0.29, 0.717) is 12.2 Å². The van der Waals surface area contributed by atoms with Gasteiger partial charge in [-0.2, -0.15) is 0 Å². The number of carbonyl (C=O) groups is 2. The van der Waals surface area contributed by atoms with E-state index in [-0.39, 0.29) is 29.6 Å². The molecule has 0 saturated carbocycles. The van der Waals surface area contributed by atoms with Gasteiger partial charge >= 0.3 is 11.9 Å². The summed E-state index contributed by atoms with van der Waals surface area (Å²) in [4.78, 5) is 22.5. The summed E-state index contributed by atoms with van der Waals surface area (Å²) >= 11 is 0. The van der Waals surface area contributed by atoms with E-state index >= 15 is 0 Å². The van der Waals surface area contributed by atoms with Crippen molar-refractivity contribution in [2.75, 3.05) is 24.1 Å². The van der Waals surface area contributed by atoms with Crippen LogP contribution < -0.4 is 0 Å². The monoisotopic (exact) mass is 291 g/mol. The molecule has 0 fully saturated rings. The molecule has 0 aromatic heterocycles. The minimum atomic E-state index is -0.344. The van der Waals surface area contributed by atoms with Crippen molar-refractivity contribution in [3.05, 3.63) is 0 Å². The Hall–Kier alpha value is -0.710. The van der Waals surface area contributed by atoms with Crippen LogP contribution in [0.2, 0.25) is 0 Å². The summed E-state index contributed by atoms with van der Waals surface area (Å²) < 4.78 is 9.66. The van der Waals surface area contributed by atoms with Gasteiger partial charge in [0.05, 0.1) is 0 Å². The molecule has 0 amide bonds. The molecule has 0 atom stereocenters. The second-order valence-electron chi connectivity index (χ2n) is 4.38. The van der Waals surface area contributed by atoms with Gasteiger partial charge in [-0.25, -0.2) is 4.79 Å². The standard InChI is InChI=1S/C14H27O4S/c1-4-7-9-19(10-8-5-2)11-14(16)18-12-17-13(15)6-3/h4-12H2,1-3H3/q+1. The Kier molecular flexibility index (Phi) is 11.9. The zero-order chi connectivity index (χ0) is 14.5. The van der Waals surface area contributed by atoms with Gasteiger partial charge < -0.3 is 9.47 Å². The van der Waals surface area contributed by atoms with Crippen LogP contribution in [0.1, 0.15) is 52.9 Å². The molecule has 0 radical (unpaired) electrons. The highest BCUT2D eigenvalue weighted by atomic mass is 32.2. The van der Waals surface area contributed by atoms with Gasteiger partial charge in [-0.3, -0.25) is 4.79 Å². The zero-order valence-corrected chi connectivity index (χ0v) is 13.2. The van der Waals surface area contributed by atoms with Crippen LogP contribution in [-0.4, -0.2) is 36.0 Å². The summed E-state index contributed by atoms with van der Waals surface area (Å²) in [6.07, 6.45) is 4.92. The van der Waals surface area contributed by atoms with Crippen molar-refractivity contribution in [3.63, 3.8) is 0 Å². The average molecular weight is 291 g/mol. The summed E-state index contributed by atoms with van der Waals surface area (Å²) in [5.74, 6) is 2.06. The molecule has 0 aliphatic rings. The van der Waals surface area contributed by atoms with Crippen molar-refractivity contribution in [1.82, 2.24) is 0 Å². The first-order chi connectivity index (χ1) is 9.13. The van der Waals surface area contributed by atoms with Crippen LogP contribution in [0.5, 0.6) is 0 Å². The maximum absolute atomic E-state index is 11.6. The van der Waals surface area contributed by atoms with E-state index in [0.717, 1.165) is 37.2 Å². The minimum Gasteiger partial charge on any atom is -0.428 e. The highest BCUT2D eigenvalue weighted by molar-refractivity contribution is 7.97. The van der Waals surface area contributed by atoms with Crippen LogP contribution in [0, 0.1) is 0 Å². The van der Waals surface area contributed by atoms with Crippen molar-refractivity contribution >= 4 is 22.8 Å². The lowest BCUT2D eigenvalue weighted by Gasteiger charge is -2.08. The Morgan fingerprint density at radius 3 is 1.89 bits per heavy atom. The molecular weight excluding hydrogens is 264 g/mol. The smallest absolute Gasteiger partial charge is 0.359 e. The molecule has 4 nitrogen and oxygen atoms in total. The van der Waals surface area contributed by atoms with E-state index in [2.05, 4.69) is 13.8 Å². The van der Waals surface area contributed by atoms with Gasteiger partial charge in [0.15, 0.2) is 0 Å². The van der Waals surface area contributed by atoms with Crippen molar-refractivity contribution < 1.29 is 19.1 Å². The number of esters is 2.